The molecule has 0 fully saturated rings. The van der Waals surface area contributed by atoms with Crippen LogP contribution in [0.1, 0.15) is 37.9 Å². The molecule has 1 unspecified atom stereocenters. The fourth-order valence-corrected chi connectivity index (χ4v) is 2.85. The second kappa shape index (κ2) is 4.10. The minimum atomic E-state index is 0.126. The summed E-state index contributed by atoms with van der Waals surface area (Å²) in [6.07, 6.45) is 0.883. The van der Waals surface area contributed by atoms with Gasteiger partial charge in [0.25, 0.3) is 0 Å². The fourth-order valence-electron chi connectivity index (χ4n) is 1.92. The van der Waals surface area contributed by atoms with Crippen LogP contribution in [0, 0.1) is 19.3 Å². The van der Waals surface area contributed by atoms with Crippen molar-refractivity contribution < 1.29 is 0 Å². The molecule has 2 aromatic rings. The number of nitrogens with two attached hydrogens (primary N) is 1. The summed E-state index contributed by atoms with van der Waals surface area (Å²) in [5, 5.41) is 2.15. The second-order valence-corrected chi connectivity index (χ2v) is 6.65. The lowest BCUT2D eigenvalue weighted by molar-refractivity contribution is 0.316. The number of hydrogen-bond acceptors (Lipinski definition) is 3. The molecule has 0 spiro atoms. The number of hydrogen-bond donors (Lipinski definition) is 1. The van der Waals surface area contributed by atoms with Crippen LogP contribution in [-0.2, 0) is 6.42 Å². The lowest BCUT2D eigenvalue weighted by Crippen LogP contribution is -2.37. The van der Waals surface area contributed by atoms with Crippen LogP contribution in [0.4, 0.5) is 0 Å². The minimum Gasteiger partial charge on any atom is -0.327 e. The summed E-state index contributed by atoms with van der Waals surface area (Å²) in [5.41, 5.74) is 10.0. The van der Waals surface area contributed by atoms with Crippen LogP contribution in [0.2, 0.25) is 0 Å². The summed E-state index contributed by atoms with van der Waals surface area (Å²) < 4.78 is 2.24. The Balaban J connectivity index is 2.41. The normalized spacial score (nSPS) is 14.5. The highest BCUT2D eigenvalue weighted by Gasteiger charge is 2.23. The lowest BCUT2D eigenvalue weighted by atomic mass is 9.84. The largest absolute Gasteiger partial charge is 0.327 e. The molecule has 2 aromatic heterocycles. The molecular weight excluding hydrogens is 230 g/mol. The monoisotopic (exact) mass is 251 g/mol. The molecule has 0 saturated carbocycles. The van der Waals surface area contributed by atoms with Gasteiger partial charge in [0.05, 0.1) is 5.69 Å². The molecule has 94 valence electrons. The van der Waals surface area contributed by atoms with Gasteiger partial charge in [-0.05, 0) is 19.3 Å². The Labute approximate surface area is 107 Å². The van der Waals surface area contributed by atoms with Gasteiger partial charge < -0.3 is 5.73 Å². The van der Waals surface area contributed by atoms with Gasteiger partial charge in [-0.25, -0.2) is 4.98 Å². The summed E-state index contributed by atoms with van der Waals surface area (Å²) in [5.74, 6) is 0. The zero-order valence-electron chi connectivity index (χ0n) is 11.2. The maximum Gasteiger partial charge on any atom is 0.194 e. The summed E-state index contributed by atoms with van der Waals surface area (Å²) in [6, 6.07) is 0.153. The van der Waals surface area contributed by atoms with E-state index in [9.17, 15) is 0 Å². The predicted molar refractivity (Wildman–Crippen MR) is 73.7 cm³/mol. The number of imidazole rings is 1. The molecule has 2 rings (SSSR count). The fraction of sp³-hybridized carbons (Fsp3) is 0.615. The van der Waals surface area contributed by atoms with Crippen LogP contribution < -0.4 is 5.73 Å². The third kappa shape index (κ3) is 2.24. The van der Waals surface area contributed by atoms with Crippen molar-refractivity contribution in [3.05, 3.63) is 22.5 Å². The number of aryl methyl sites for hydroxylation is 2. The number of fused-ring (bicyclic) bond motifs is 1. The average molecular weight is 251 g/mol. The van der Waals surface area contributed by atoms with Gasteiger partial charge >= 0.3 is 0 Å². The van der Waals surface area contributed by atoms with E-state index in [0.717, 1.165) is 17.1 Å². The van der Waals surface area contributed by atoms with Crippen LogP contribution in [0.5, 0.6) is 0 Å². The third-order valence-electron chi connectivity index (χ3n) is 3.36. The van der Waals surface area contributed by atoms with Gasteiger partial charge in [-0.1, -0.05) is 20.8 Å². The molecule has 17 heavy (non-hydrogen) atoms. The van der Waals surface area contributed by atoms with Crippen molar-refractivity contribution in [2.24, 2.45) is 11.1 Å². The molecule has 2 heterocycles. The SMILES string of the molecule is Cc1nc2scc(C)n2c1CC(N)C(C)(C)C. The van der Waals surface area contributed by atoms with Crippen LogP contribution in [-0.4, -0.2) is 15.4 Å². The van der Waals surface area contributed by atoms with Crippen LogP contribution >= 0.6 is 11.3 Å². The van der Waals surface area contributed by atoms with Gasteiger partial charge in [-0.2, -0.15) is 0 Å². The number of rotatable bonds is 2. The first kappa shape index (κ1) is 12.6. The third-order valence-corrected chi connectivity index (χ3v) is 4.30. The Morgan fingerprint density at radius 1 is 1.41 bits per heavy atom. The van der Waals surface area contributed by atoms with Crippen LogP contribution in [0.25, 0.3) is 4.96 Å². The molecule has 2 N–H and O–H groups in total. The number of aromatic nitrogens is 2. The van der Waals surface area contributed by atoms with Crippen molar-refractivity contribution in [3.8, 4) is 0 Å². The molecule has 1 atom stereocenters. The highest BCUT2D eigenvalue weighted by Crippen LogP contribution is 2.25. The Morgan fingerprint density at radius 2 is 2.06 bits per heavy atom. The zero-order chi connectivity index (χ0) is 12.8. The van der Waals surface area contributed by atoms with Crippen molar-refractivity contribution in [2.75, 3.05) is 0 Å². The van der Waals surface area contributed by atoms with Gasteiger partial charge in [-0.15, -0.1) is 11.3 Å². The van der Waals surface area contributed by atoms with Gasteiger partial charge in [-0.3, -0.25) is 4.40 Å². The topological polar surface area (TPSA) is 43.3 Å². The van der Waals surface area contributed by atoms with Gasteiger partial charge in [0.1, 0.15) is 0 Å². The van der Waals surface area contributed by atoms with Crippen molar-refractivity contribution >= 4 is 16.3 Å². The first-order chi connectivity index (χ1) is 7.80. The number of thiazole rings is 1. The molecule has 0 radical (unpaired) electrons. The van der Waals surface area contributed by atoms with E-state index in [0.29, 0.717) is 0 Å². The molecule has 0 aliphatic heterocycles. The smallest absolute Gasteiger partial charge is 0.194 e. The van der Waals surface area contributed by atoms with Crippen LogP contribution in [0.15, 0.2) is 5.38 Å². The zero-order valence-corrected chi connectivity index (χ0v) is 12.1. The van der Waals surface area contributed by atoms with Crippen molar-refractivity contribution in [1.82, 2.24) is 9.38 Å². The van der Waals surface area contributed by atoms with E-state index in [4.69, 9.17) is 5.73 Å². The van der Waals surface area contributed by atoms with Crippen LogP contribution in [0.3, 0.4) is 0 Å². The van der Waals surface area contributed by atoms with E-state index in [-0.39, 0.29) is 11.5 Å². The average Bonchev–Trinajstić information content (AvgIpc) is 2.68. The summed E-state index contributed by atoms with van der Waals surface area (Å²) in [6.45, 7) is 10.8. The molecule has 4 heteroatoms. The molecule has 0 aromatic carbocycles. The Hall–Kier alpha value is -0.870. The highest BCUT2D eigenvalue weighted by molar-refractivity contribution is 7.15. The standard InChI is InChI=1S/C13H21N3S/c1-8-7-17-12-15-9(2)10(16(8)12)6-11(14)13(3,4)5/h7,11H,6,14H2,1-5H3. The van der Waals surface area contributed by atoms with Crippen molar-refractivity contribution in [3.63, 3.8) is 0 Å². The maximum absolute atomic E-state index is 6.28. The summed E-state index contributed by atoms with van der Waals surface area (Å²) in [4.78, 5) is 5.67. The lowest BCUT2D eigenvalue weighted by Gasteiger charge is -2.27. The molecule has 0 amide bonds. The van der Waals surface area contributed by atoms with Crippen molar-refractivity contribution in [1.29, 1.82) is 0 Å². The quantitative estimate of drug-likeness (QED) is 0.892. The first-order valence-electron chi connectivity index (χ1n) is 5.98. The van der Waals surface area contributed by atoms with E-state index in [2.05, 4.69) is 49.4 Å². The second-order valence-electron chi connectivity index (χ2n) is 5.82. The Morgan fingerprint density at radius 3 is 2.65 bits per heavy atom. The Kier molecular flexibility index (Phi) is 3.04. The molecule has 0 saturated heterocycles. The minimum absolute atomic E-state index is 0.126. The van der Waals surface area contributed by atoms with Crippen molar-refractivity contribution in [2.45, 2.75) is 47.1 Å². The van der Waals surface area contributed by atoms with E-state index in [1.807, 2.05) is 0 Å². The molecule has 0 bridgehead atoms. The highest BCUT2D eigenvalue weighted by atomic mass is 32.1. The van der Waals surface area contributed by atoms with E-state index in [1.165, 1.54) is 11.4 Å². The van der Waals surface area contributed by atoms with E-state index >= 15 is 0 Å². The van der Waals surface area contributed by atoms with E-state index in [1.54, 1.807) is 11.3 Å². The predicted octanol–water partition coefficient (Wildman–Crippen LogP) is 2.93. The maximum atomic E-state index is 6.28. The van der Waals surface area contributed by atoms with Gasteiger partial charge in [0, 0.05) is 29.2 Å². The molecule has 0 aliphatic carbocycles. The summed E-state index contributed by atoms with van der Waals surface area (Å²) >= 11 is 1.69. The van der Waals surface area contributed by atoms with Gasteiger partial charge in [0.15, 0.2) is 4.96 Å². The molecule has 3 nitrogen and oxygen atoms in total. The molecule has 0 aliphatic rings. The Bertz CT molecular complexity index is 531. The molecular formula is C13H21N3S. The number of nitrogens with zero attached hydrogens (tertiary/aromatic N) is 2. The van der Waals surface area contributed by atoms with Gasteiger partial charge in [0.2, 0.25) is 0 Å². The summed E-state index contributed by atoms with van der Waals surface area (Å²) in [7, 11) is 0. The first-order valence-corrected chi connectivity index (χ1v) is 6.86. The van der Waals surface area contributed by atoms with E-state index < -0.39 is 0 Å².